The van der Waals surface area contributed by atoms with Crippen LogP contribution in [-0.2, 0) is 16.0 Å². The molecule has 0 aromatic carbocycles. The summed E-state index contributed by atoms with van der Waals surface area (Å²) in [6, 6.07) is 0. The Morgan fingerprint density at radius 2 is 2.38 bits per heavy atom. The van der Waals surface area contributed by atoms with Gasteiger partial charge < -0.3 is 20.1 Å². The number of guanidine groups is 1. The minimum Gasteiger partial charge on any atom is -0.381 e. The summed E-state index contributed by atoms with van der Waals surface area (Å²) in [4.78, 5) is 10.1. The summed E-state index contributed by atoms with van der Waals surface area (Å²) in [5, 5.41) is 7.63. The Hall–Kier alpha value is -0.450. The fourth-order valence-electron chi connectivity index (χ4n) is 2.31. The zero-order valence-corrected chi connectivity index (χ0v) is 17.7. The van der Waals surface area contributed by atoms with E-state index < -0.39 is 0 Å². The first kappa shape index (κ1) is 21.6. The molecule has 1 fully saturated rings. The van der Waals surface area contributed by atoms with E-state index in [1.54, 1.807) is 11.3 Å². The van der Waals surface area contributed by atoms with E-state index in [0.717, 1.165) is 63.3 Å². The normalized spacial score (nSPS) is 17.6. The van der Waals surface area contributed by atoms with Gasteiger partial charge in [-0.2, -0.15) is 0 Å². The molecule has 1 aliphatic rings. The number of nitrogens with one attached hydrogen (secondary N) is 2. The second kappa shape index (κ2) is 12.8. The Morgan fingerprint density at radius 1 is 1.50 bits per heavy atom. The smallest absolute Gasteiger partial charge is 0.191 e. The number of ether oxygens (including phenoxy) is 2. The van der Waals surface area contributed by atoms with Crippen LogP contribution in [0.3, 0.4) is 0 Å². The quantitative estimate of drug-likeness (QED) is 0.253. The number of aliphatic imine (C=N–C) groups is 1. The zero-order chi connectivity index (χ0) is 16.3. The van der Waals surface area contributed by atoms with Crippen molar-refractivity contribution in [1.29, 1.82) is 0 Å². The van der Waals surface area contributed by atoms with Gasteiger partial charge in [0.25, 0.3) is 0 Å². The van der Waals surface area contributed by atoms with Crippen LogP contribution in [0.1, 0.15) is 29.7 Å². The zero-order valence-electron chi connectivity index (χ0n) is 14.5. The number of rotatable bonds is 9. The van der Waals surface area contributed by atoms with Crippen LogP contribution in [0.5, 0.6) is 0 Å². The van der Waals surface area contributed by atoms with Gasteiger partial charge in [0.1, 0.15) is 5.01 Å². The summed E-state index contributed by atoms with van der Waals surface area (Å²) >= 11 is 1.69. The number of thiazole rings is 1. The van der Waals surface area contributed by atoms with Crippen molar-refractivity contribution in [2.75, 3.05) is 39.5 Å². The number of nitrogens with zero attached hydrogens (tertiary/aromatic N) is 2. The third-order valence-corrected chi connectivity index (χ3v) is 4.42. The molecular weight excluding hydrogens is 439 g/mol. The monoisotopic (exact) mass is 468 g/mol. The highest BCUT2D eigenvalue weighted by Crippen LogP contribution is 2.12. The van der Waals surface area contributed by atoms with Gasteiger partial charge >= 0.3 is 0 Å². The van der Waals surface area contributed by atoms with Gasteiger partial charge in [-0.25, -0.2) is 9.98 Å². The van der Waals surface area contributed by atoms with Crippen LogP contribution < -0.4 is 10.6 Å². The van der Waals surface area contributed by atoms with Gasteiger partial charge in [0.2, 0.25) is 0 Å². The van der Waals surface area contributed by atoms with E-state index in [-0.39, 0.29) is 24.0 Å². The SMILES string of the molecule is CCNC(=NCc1ncc(C)s1)NCCCOCC1CCOC1.I. The fraction of sp³-hybridized carbons (Fsp3) is 0.750. The average molecular weight is 468 g/mol. The van der Waals surface area contributed by atoms with Gasteiger partial charge in [0.15, 0.2) is 5.96 Å². The highest BCUT2D eigenvalue weighted by atomic mass is 127. The molecule has 138 valence electrons. The topological polar surface area (TPSA) is 67.8 Å². The highest BCUT2D eigenvalue weighted by molar-refractivity contribution is 14.0. The lowest BCUT2D eigenvalue weighted by Gasteiger charge is -2.12. The Labute approximate surface area is 165 Å². The van der Waals surface area contributed by atoms with Crippen molar-refractivity contribution >= 4 is 41.3 Å². The maximum absolute atomic E-state index is 5.70. The highest BCUT2D eigenvalue weighted by Gasteiger charge is 2.15. The molecule has 0 bridgehead atoms. The van der Waals surface area contributed by atoms with Gasteiger partial charge in [-0.15, -0.1) is 35.3 Å². The number of hydrogen-bond acceptors (Lipinski definition) is 5. The first-order valence-electron chi connectivity index (χ1n) is 8.37. The molecule has 6 nitrogen and oxygen atoms in total. The van der Waals surface area contributed by atoms with Gasteiger partial charge in [-0.05, 0) is 26.7 Å². The molecule has 1 aromatic rings. The Morgan fingerprint density at radius 3 is 3.04 bits per heavy atom. The van der Waals surface area contributed by atoms with E-state index in [9.17, 15) is 0 Å². The van der Waals surface area contributed by atoms with E-state index in [1.165, 1.54) is 4.88 Å². The first-order chi connectivity index (χ1) is 11.3. The molecule has 8 heteroatoms. The van der Waals surface area contributed by atoms with Crippen LogP contribution in [0, 0.1) is 12.8 Å². The molecular formula is C16H29IN4O2S. The van der Waals surface area contributed by atoms with Crippen molar-refractivity contribution in [3.63, 3.8) is 0 Å². The van der Waals surface area contributed by atoms with Crippen molar-refractivity contribution in [2.24, 2.45) is 10.9 Å². The van der Waals surface area contributed by atoms with Crippen molar-refractivity contribution in [3.05, 3.63) is 16.1 Å². The third-order valence-electron chi connectivity index (χ3n) is 3.52. The number of aryl methyl sites for hydroxylation is 1. The largest absolute Gasteiger partial charge is 0.381 e. The summed E-state index contributed by atoms with van der Waals surface area (Å²) < 4.78 is 11.0. The van der Waals surface area contributed by atoms with Gasteiger partial charge in [-0.3, -0.25) is 0 Å². The second-order valence-electron chi connectivity index (χ2n) is 5.64. The van der Waals surface area contributed by atoms with E-state index in [2.05, 4.69) is 34.5 Å². The van der Waals surface area contributed by atoms with Crippen LogP contribution in [0.25, 0.3) is 0 Å². The maximum atomic E-state index is 5.70. The Kier molecular flexibility index (Phi) is 11.6. The molecule has 1 aliphatic heterocycles. The minimum atomic E-state index is 0. The predicted octanol–water partition coefficient (Wildman–Crippen LogP) is 2.57. The Balaban J connectivity index is 0.00000288. The minimum absolute atomic E-state index is 0. The third kappa shape index (κ3) is 8.59. The van der Waals surface area contributed by atoms with Crippen molar-refractivity contribution in [1.82, 2.24) is 15.6 Å². The molecule has 1 unspecified atom stereocenters. The van der Waals surface area contributed by atoms with Gasteiger partial charge in [0, 0.05) is 43.3 Å². The molecule has 24 heavy (non-hydrogen) atoms. The van der Waals surface area contributed by atoms with Crippen molar-refractivity contribution in [3.8, 4) is 0 Å². The van der Waals surface area contributed by atoms with Crippen molar-refractivity contribution in [2.45, 2.75) is 33.2 Å². The first-order valence-corrected chi connectivity index (χ1v) is 9.18. The fourth-order valence-corrected chi connectivity index (χ4v) is 3.02. The number of hydrogen-bond donors (Lipinski definition) is 2. The average Bonchev–Trinajstić information content (AvgIpc) is 3.19. The lowest BCUT2D eigenvalue weighted by atomic mass is 10.1. The molecule has 2 heterocycles. The van der Waals surface area contributed by atoms with Crippen LogP contribution in [0.4, 0.5) is 0 Å². The molecule has 2 rings (SSSR count). The summed E-state index contributed by atoms with van der Waals surface area (Å²) in [5.74, 6) is 1.42. The van der Waals surface area contributed by atoms with E-state index in [4.69, 9.17) is 9.47 Å². The molecule has 0 aliphatic carbocycles. The van der Waals surface area contributed by atoms with Crippen LogP contribution >= 0.6 is 35.3 Å². The summed E-state index contributed by atoms with van der Waals surface area (Å²) in [6.07, 6.45) is 3.99. The molecule has 0 amide bonds. The molecule has 2 N–H and O–H groups in total. The summed E-state index contributed by atoms with van der Waals surface area (Å²) in [5.41, 5.74) is 0. The van der Waals surface area contributed by atoms with E-state index >= 15 is 0 Å². The van der Waals surface area contributed by atoms with E-state index in [0.29, 0.717) is 12.5 Å². The summed E-state index contributed by atoms with van der Waals surface area (Å²) in [7, 11) is 0. The van der Waals surface area contributed by atoms with Crippen LogP contribution in [0.2, 0.25) is 0 Å². The van der Waals surface area contributed by atoms with Crippen LogP contribution in [-0.4, -0.2) is 50.5 Å². The van der Waals surface area contributed by atoms with E-state index in [1.807, 2.05) is 6.20 Å². The van der Waals surface area contributed by atoms with Crippen molar-refractivity contribution < 1.29 is 9.47 Å². The number of halogens is 1. The lowest BCUT2D eigenvalue weighted by Crippen LogP contribution is -2.38. The molecule has 0 radical (unpaired) electrons. The van der Waals surface area contributed by atoms with Gasteiger partial charge in [-0.1, -0.05) is 0 Å². The molecule has 0 spiro atoms. The molecule has 1 atom stereocenters. The number of aromatic nitrogens is 1. The predicted molar refractivity (Wildman–Crippen MR) is 109 cm³/mol. The molecule has 0 saturated carbocycles. The van der Waals surface area contributed by atoms with Gasteiger partial charge in [0.05, 0.1) is 19.8 Å². The molecule has 1 saturated heterocycles. The standard InChI is InChI=1S/C16H28N4O2S.HI/c1-3-17-16(20-10-15-19-9-13(2)23-15)18-6-4-7-21-11-14-5-8-22-12-14;/h9,14H,3-8,10-12H2,1-2H3,(H2,17,18,20);1H. The summed E-state index contributed by atoms with van der Waals surface area (Å²) in [6.45, 7) is 9.77. The van der Waals surface area contributed by atoms with Crippen LogP contribution in [0.15, 0.2) is 11.2 Å². The maximum Gasteiger partial charge on any atom is 0.191 e. The second-order valence-corrected chi connectivity index (χ2v) is 6.96. The lowest BCUT2D eigenvalue weighted by molar-refractivity contribution is 0.0888. The Bertz CT molecular complexity index is 478. The molecule has 1 aromatic heterocycles.